The van der Waals surface area contributed by atoms with E-state index in [4.69, 9.17) is 17.4 Å². The van der Waals surface area contributed by atoms with Crippen molar-refractivity contribution in [3.63, 3.8) is 0 Å². The molecule has 0 saturated heterocycles. The molecule has 0 bridgehead atoms. The highest BCUT2D eigenvalue weighted by molar-refractivity contribution is 6.31. The molecule has 1 heterocycles. The van der Waals surface area contributed by atoms with Crippen LogP contribution in [0.25, 0.3) is 11.0 Å². The van der Waals surface area contributed by atoms with Crippen LogP contribution in [0.2, 0.25) is 5.02 Å². The van der Waals surface area contributed by atoms with E-state index in [2.05, 4.69) is 34.0 Å². The maximum Gasteiger partial charge on any atom is 0.272 e. The Morgan fingerprint density at radius 2 is 1.73 bits per heavy atom. The molecule has 3 aromatic carbocycles. The van der Waals surface area contributed by atoms with Crippen molar-refractivity contribution in [2.24, 2.45) is 5.84 Å². The number of benzene rings is 3. The predicted octanol–water partition coefficient (Wildman–Crippen LogP) is 3.80. The fourth-order valence-corrected chi connectivity index (χ4v) is 4.43. The number of rotatable bonds is 9. The number of amides is 2. The lowest BCUT2D eigenvalue weighted by atomic mass is 9.99. The summed E-state index contributed by atoms with van der Waals surface area (Å²) in [6.07, 6.45) is -0.190. The van der Waals surface area contributed by atoms with Gasteiger partial charge in [0.1, 0.15) is 0 Å². The van der Waals surface area contributed by atoms with Gasteiger partial charge in [-0.15, -0.1) is 0 Å². The van der Waals surface area contributed by atoms with Crippen molar-refractivity contribution in [2.75, 3.05) is 23.0 Å². The van der Waals surface area contributed by atoms with Gasteiger partial charge in [-0.25, -0.2) is 15.8 Å². The lowest BCUT2D eigenvalue weighted by Gasteiger charge is -2.28. The van der Waals surface area contributed by atoms with Crippen LogP contribution < -0.4 is 21.1 Å². The van der Waals surface area contributed by atoms with Crippen LogP contribution in [0.1, 0.15) is 35.8 Å². The second kappa shape index (κ2) is 11.4. The number of fused-ring (bicyclic) bond motifs is 1. The SMILES string of the molecule is CCN(CC)c1ccc(C(=O)NC(c2ccccc2Cl)C(O)C(=O)N(N)c2ccc3nc[nH]c3c2)cc1. The number of aromatic nitrogens is 2. The number of imidazole rings is 1. The first kappa shape index (κ1) is 26.2. The molecule has 1 aromatic heterocycles. The molecule has 10 heteroatoms. The molecule has 0 aliphatic heterocycles. The molecule has 5 N–H and O–H groups in total. The van der Waals surface area contributed by atoms with E-state index in [1.807, 2.05) is 12.1 Å². The molecular formula is C27H29ClN6O3. The third-order valence-corrected chi connectivity index (χ3v) is 6.62. The topological polar surface area (TPSA) is 128 Å². The Kier molecular flexibility index (Phi) is 8.08. The van der Waals surface area contributed by atoms with Crippen molar-refractivity contribution in [1.82, 2.24) is 15.3 Å². The zero-order valence-electron chi connectivity index (χ0n) is 20.6. The second-order valence-corrected chi connectivity index (χ2v) is 8.86. The van der Waals surface area contributed by atoms with E-state index in [9.17, 15) is 14.7 Å². The summed E-state index contributed by atoms with van der Waals surface area (Å²) in [5.41, 5.74) is 3.49. The number of carbonyl (C=O) groups excluding carboxylic acids is 2. The molecule has 0 spiro atoms. The number of halogens is 1. The first-order valence-electron chi connectivity index (χ1n) is 11.9. The molecule has 2 unspecified atom stereocenters. The van der Waals surface area contributed by atoms with Crippen LogP contribution in [0.4, 0.5) is 11.4 Å². The molecule has 37 heavy (non-hydrogen) atoms. The van der Waals surface area contributed by atoms with Crippen LogP contribution in [0.15, 0.2) is 73.1 Å². The van der Waals surface area contributed by atoms with Gasteiger partial charge in [-0.05, 0) is 67.9 Å². The summed E-state index contributed by atoms with van der Waals surface area (Å²) < 4.78 is 0. The summed E-state index contributed by atoms with van der Waals surface area (Å²) in [6, 6.07) is 17.6. The van der Waals surface area contributed by atoms with Gasteiger partial charge in [0.05, 0.1) is 29.1 Å². The van der Waals surface area contributed by atoms with E-state index in [-0.39, 0.29) is 0 Å². The Labute approximate surface area is 219 Å². The summed E-state index contributed by atoms with van der Waals surface area (Å²) >= 11 is 6.40. The van der Waals surface area contributed by atoms with Crippen LogP contribution in [0.3, 0.4) is 0 Å². The van der Waals surface area contributed by atoms with Crippen LogP contribution in [-0.4, -0.2) is 46.1 Å². The maximum absolute atomic E-state index is 13.3. The van der Waals surface area contributed by atoms with E-state index < -0.39 is 24.0 Å². The van der Waals surface area contributed by atoms with Crippen molar-refractivity contribution in [2.45, 2.75) is 26.0 Å². The fraction of sp³-hybridized carbons (Fsp3) is 0.222. The van der Waals surface area contributed by atoms with Crippen LogP contribution >= 0.6 is 11.6 Å². The number of aliphatic hydroxyl groups excluding tert-OH is 1. The average Bonchev–Trinajstić information content (AvgIpc) is 3.40. The summed E-state index contributed by atoms with van der Waals surface area (Å²) in [6.45, 7) is 5.80. The van der Waals surface area contributed by atoms with Gasteiger partial charge >= 0.3 is 0 Å². The quantitative estimate of drug-likeness (QED) is 0.151. The molecule has 192 valence electrons. The van der Waals surface area contributed by atoms with E-state index in [0.717, 1.165) is 23.8 Å². The number of H-pyrrole nitrogens is 1. The summed E-state index contributed by atoms with van der Waals surface area (Å²) in [5.74, 6) is 4.82. The number of anilines is 2. The van der Waals surface area contributed by atoms with Crippen LogP contribution in [0.5, 0.6) is 0 Å². The lowest BCUT2D eigenvalue weighted by Crippen LogP contribution is -2.50. The summed E-state index contributed by atoms with van der Waals surface area (Å²) in [5, 5.41) is 15.1. The Morgan fingerprint density at radius 3 is 2.41 bits per heavy atom. The minimum atomic E-state index is -1.72. The fourth-order valence-electron chi connectivity index (χ4n) is 4.18. The van der Waals surface area contributed by atoms with Crippen molar-refractivity contribution in [3.8, 4) is 0 Å². The van der Waals surface area contributed by atoms with Gasteiger partial charge in [0.2, 0.25) is 0 Å². The number of nitrogens with zero attached hydrogens (tertiary/aromatic N) is 3. The molecule has 4 aromatic rings. The van der Waals surface area contributed by atoms with E-state index in [1.54, 1.807) is 54.6 Å². The molecule has 0 radical (unpaired) electrons. The van der Waals surface area contributed by atoms with Gasteiger partial charge < -0.3 is 20.3 Å². The minimum absolute atomic E-state index is 0.291. The first-order chi connectivity index (χ1) is 17.8. The Bertz CT molecular complexity index is 1390. The largest absolute Gasteiger partial charge is 0.381 e. The second-order valence-electron chi connectivity index (χ2n) is 8.45. The third-order valence-electron chi connectivity index (χ3n) is 6.27. The minimum Gasteiger partial charge on any atom is -0.381 e. The zero-order chi connectivity index (χ0) is 26.5. The molecule has 9 nitrogen and oxygen atoms in total. The Morgan fingerprint density at radius 1 is 1.05 bits per heavy atom. The number of aromatic amines is 1. The van der Waals surface area contributed by atoms with Crippen molar-refractivity contribution in [3.05, 3.63) is 89.2 Å². The highest BCUT2D eigenvalue weighted by Crippen LogP contribution is 2.28. The number of hydrazine groups is 1. The standard InChI is InChI=1S/C27H29ClN6O3/c1-3-33(4-2)18-11-9-17(10-12-18)26(36)32-24(20-7-5-6-8-21(20)28)25(35)27(37)34(29)19-13-14-22-23(15-19)31-16-30-22/h5-16,24-25,35H,3-4,29H2,1-2H3,(H,30,31)(H,32,36). The number of carbonyl (C=O) groups is 2. The maximum atomic E-state index is 13.3. The molecular weight excluding hydrogens is 492 g/mol. The van der Waals surface area contributed by atoms with Gasteiger partial charge in [-0.3, -0.25) is 9.59 Å². The molecule has 0 aliphatic carbocycles. The molecule has 0 fully saturated rings. The van der Waals surface area contributed by atoms with Crippen molar-refractivity contribution in [1.29, 1.82) is 0 Å². The highest BCUT2D eigenvalue weighted by Gasteiger charge is 2.33. The van der Waals surface area contributed by atoms with Crippen LogP contribution in [0, 0.1) is 0 Å². The first-order valence-corrected chi connectivity index (χ1v) is 12.3. The summed E-state index contributed by atoms with van der Waals surface area (Å²) in [7, 11) is 0. The Balaban J connectivity index is 1.60. The predicted molar refractivity (Wildman–Crippen MR) is 145 cm³/mol. The van der Waals surface area contributed by atoms with Crippen LogP contribution in [-0.2, 0) is 4.79 Å². The van der Waals surface area contributed by atoms with Gasteiger partial charge in [0, 0.05) is 29.4 Å². The lowest BCUT2D eigenvalue weighted by molar-refractivity contribution is -0.128. The third kappa shape index (κ3) is 5.59. The van der Waals surface area contributed by atoms with E-state index in [1.165, 1.54) is 6.33 Å². The normalized spacial score (nSPS) is 12.7. The molecule has 0 saturated carbocycles. The number of hydrogen-bond donors (Lipinski definition) is 4. The molecule has 4 rings (SSSR count). The monoisotopic (exact) mass is 520 g/mol. The number of aliphatic hydroxyl groups is 1. The van der Waals surface area contributed by atoms with Gasteiger partial charge in [0.25, 0.3) is 11.8 Å². The smallest absolute Gasteiger partial charge is 0.272 e. The summed E-state index contributed by atoms with van der Waals surface area (Å²) in [4.78, 5) is 35.7. The molecule has 2 atom stereocenters. The zero-order valence-corrected chi connectivity index (χ0v) is 21.3. The Hall–Kier alpha value is -3.92. The van der Waals surface area contributed by atoms with Gasteiger partial charge in [-0.2, -0.15) is 0 Å². The van der Waals surface area contributed by atoms with E-state index >= 15 is 0 Å². The average molecular weight is 521 g/mol. The van der Waals surface area contributed by atoms with E-state index in [0.29, 0.717) is 32.9 Å². The number of nitrogens with two attached hydrogens (primary N) is 1. The molecule has 2 amide bonds. The van der Waals surface area contributed by atoms with Gasteiger partial charge in [0.15, 0.2) is 6.10 Å². The number of nitrogens with one attached hydrogen (secondary N) is 2. The van der Waals surface area contributed by atoms with Crippen molar-refractivity contribution >= 4 is 45.8 Å². The van der Waals surface area contributed by atoms with Gasteiger partial charge in [-0.1, -0.05) is 29.8 Å². The molecule has 0 aliphatic rings. The van der Waals surface area contributed by atoms with Crippen molar-refractivity contribution < 1.29 is 14.7 Å². The highest BCUT2D eigenvalue weighted by atomic mass is 35.5. The number of hydrogen-bond acceptors (Lipinski definition) is 6.